The molecule has 0 radical (unpaired) electrons. The molecule has 3 rings (SSSR count). The van der Waals surface area contributed by atoms with Gasteiger partial charge in [-0.2, -0.15) is 0 Å². The van der Waals surface area contributed by atoms with E-state index >= 15 is 0 Å². The first kappa shape index (κ1) is 14.4. The second-order valence-corrected chi connectivity index (χ2v) is 6.17. The van der Waals surface area contributed by atoms with Crippen molar-refractivity contribution < 1.29 is 9.53 Å². The van der Waals surface area contributed by atoms with Crippen LogP contribution in [0.1, 0.15) is 42.4 Å². The monoisotopic (exact) mass is 289 g/mol. The maximum absolute atomic E-state index is 12.5. The Labute approximate surface area is 125 Å². The molecule has 3 heterocycles. The zero-order valence-corrected chi connectivity index (χ0v) is 12.8. The van der Waals surface area contributed by atoms with Gasteiger partial charge in [-0.3, -0.25) is 4.79 Å². The zero-order valence-electron chi connectivity index (χ0n) is 12.8. The van der Waals surface area contributed by atoms with Crippen molar-refractivity contribution in [1.29, 1.82) is 0 Å². The summed E-state index contributed by atoms with van der Waals surface area (Å²) in [5.74, 6) is 1.63. The van der Waals surface area contributed by atoms with Crippen LogP contribution in [0.5, 0.6) is 0 Å². The third-order valence-corrected chi connectivity index (χ3v) is 4.44. The summed E-state index contributed by atoms with van der Waals surface area (Å²) in [6.07, 6.45) is 2.69. The molecule has 2 aliphatic heterocycles. The van der Waals surface area contributed by atoms with Crippen LogP contribution in [0, 0.1) is 19.8 Å². The molecule has 5 heteroatoms. The molecule has 1 amide bonds. The van der Waals surface area contributed by atoms with Crippen LogP contribution in [0.25, 0.3) is 0 Å². The van der Waals surface area contributed by atoms with Crippen LogP contribution in [0.3, 0.4) is 0 Å². The van der Waals surface area contributed by atoms with E-state index in [9.17, 15) is 4.79 Å². The lowest BCUT2D eigenvalue weighted by Crippen LogP contribution is -2.37. The minimum atomic E-state index is 0.151. The summed E-state index contributed by atoms with van der Waals surface area (Å²) < 4.78 is 5.34. The van der Waals surface area contributed by atoms with Gasteiger partial charge in [0.05, 0.1) is 0 Å². The fourth-order valence-electron chi connectivity index (χ4n) is 3.31. The highest BCUT2D eigenvalue weighted by molar-refractivity contribution is 5.79. The van der Waals surface area contributed by atoms with Crippen LogP contribution < -0.4 is 0 Å². The van der Waals surface area contributed by atoms with Gasteiger partial charge in [0.1, 0.15) is 5.82 Å². The van der Waals surface area contributed by atoms with Gasteiger partial charge >= 0.3 is 0 Å². The summed E-state index contributed by atoms with van der Waals surface area (Å²) in [5, 5.41) is 0. The van der Waals surface area contributed by atoms with Gasteiger partial charge in [-0.1, -0.05) is 0 Å². The summed E-state index contributed by atoms with van der Waals surface area (Å²) in [6, 6.07) is 1.99. The molecule has 1 aromatic rings. The number of amides is 1. The van der Waals surface area contributed by atoms with Crippen molar-refractivity contribution in [2.45, 2.75) is 39.0 Å². The molecule has 1 atom stereocenters. The smallest absolute Gasteiger partial charge is 0.225 e. The number of carbonyl (C=O) groups excluding carboxylic acids is 1. The Morgan fingerprint density at radius 2 is 1.86 bits per heavy atom. The van der Waals surface area contributed by atoms with Crippen molar-refractivity contribution in [1.82, 2.24) is 14.9 Å². The average Bonchev–Trinajstić information content (AvgIpc) is 2.96. The maximum Gasteiger partial charge on any atom is 0.225 e. The lowest BCUT2D eigenvalue weighted by atomic mass is 9.99. The Bertz CT molecular complexity index is 506. The number of nitrogens with zero attached hydrogens (tertiary/aromatic N) is 3. The second-order valence-electron chi connectivity index (χ2n) is 6.17. The van der Waals surface area contributed by atoms with E-state index in [4.69, 9.17) is 4.74 Å². The van der Waals surface area contributed by atoms with Crippen LogP contribution in [0.15, 0.2) is 6.07 Å². The minimum Gasteiger partial charge on any atom is -0.381 e. The molecule has 0 spiro atoms. The first-order valence-corrected chi connectivity index (χ1v) is 7.82. The van der Waals surface area contributed by atoms with E-state index in [0.717, 1.165) is 49.6 Å². The van der Waals surface area contributed by atoms with Crippen molar-refractivity contribution in [3.63, 3.8) is 0 Å². The van der Waals surface area contributed by atoms with Gasteiger partial charge in [-0.25, -0.2) is 9.97 Å². The molecule has 5 nitrogen and oxygen atoms in total. The Morgan fingerprint density at radius 3 is 2.52 bits per heavy atom. The normalized spacial score (nSPS) is 23.5. The predicted molar refractivity (Wildman–Crippen MR) is 79.0 cm³/mol. The van der Waals surface area contributed by atoms with Gasteiger partial charge in [0.25, 0.3) is 0 Å². The summed E-state index contributed by atoms with van der Waals surface area (Å²) in [6.45, 7) is 7.02. The number of hydrogen-bond donors (Lipinski definition) is 0. The first-order chi connectivity index (χ1) is 10.1. The fraction of sp³-hybridized carbons (Fsp3) is 0.688. The summed E-state index contributed by atoms with van der Waals surface area (Å²) in [7, 11) is 0. The molecule has 0 saturated carbocycles. The van der Waals surface area contributed by atoms with Gasteiger partial charge in [0.2, 0.25) is 5.91 Å². The molecule has 0 aromatic carbocycles. The summed E-state index contributed by atoms with van der Waals surface area (Å²) in [4.78, 5) is 23.6. The molecule has 2 aliphatic rings. The van der Waals surface area contributed by atoms with E-state index in [1.807, 2.05) is 24.8 Å². The minimum absolute atomic E-state index is 0.151. The number of likely N-dealkylation sites (tertiary alicyclic amines) is 1. The van der Waals surface area contributed by atoms with Gasteiger partial charge in [-0.15, -0.1) is 0 Å². The van der Waals surface area contributed by atoms with Crippen molar-refractivity contribution in [2.75, 3.05) is 26.3 Å². The van der Waals surface area contributed by atoms with E-state index < -0.39 is 0 Å². The van der Waals surface area contributed by atoms with Gasteiger partial charge in [-0.05, 0) is 39.2 Å². The van der Waals surface area contributed by atoms with E-state index in [1.54, 1.807) is 0 Å². The van der Waals surface area contributed by atoms with Crippen molar-refractivity contribution in [3.8, 4) is 0 Å². The zero-order chi connectivity index (χ0) is 14.8. The molecular weight excluding hydrogens is 266 g/mol. The van der Waals surface area contributed by atoms with Gasteiger partial charge in [0.15, 0.2) is 0 Å². The highest BCUT2D eigenvalue weighted by Gasteiger charge is 2.33. The summed E-state index contributed by atoms with van der Waals surface area (Å²) >= 11 is 0. The highest BCUT2D eigenvalue weighted by Crippen LogP contribution is 2.28. The second kappa shape index (κ2) is 6.10. The molecule has 114 valence electrons. The molecular formula is C16H23N3O2. The third kappa shape index (κ3) is 3.23. The largest absolute Gasteiger partial charge is 0.381 e. The number of rotatable bonds is 2. The van der Waals surface area contributed by atoms with Crippen LogP contribution in [0.2, 0.25) is 0 Å². The van der Waals surface area contributed by atoms with Crippen LogP contribution in [-0.4, -0.2) is 47.1 Å². The van der Waals surface area contributed by atoms with E-state index in [0.29, 0.717) is 19.1 Å². The van der Waals surface area contributed by atoms with Crippen LogP contribution in [0.4, 0.5) is 0 Å². The van der Waals surface area contributed by atoms with E-state index in [2.05, 4.69) is 9.97 Å². The number of aryl methyl sites for hydroxylation is 2. The molecule has 0 bridgehead atoms. The fourth-order valence-corrected chi connectivity index (χ4v) is 3.31. The van der Waals surface area contributed by atoms with Crippen LogP contribution in [-0.2, 0) is 9.53 Å². The van der Waals surface area contributed by atoms with Crippen molar-refractivity contribution in [2.24, 2.45) is 5.92 Å². The molecule has 1 unspecified atom stereocenters. The SMILES string of the molecule is Cc1cc(C)nc(C2CCN(C(=O)C3CCOCC3)C2)n1. The number of hydrogen-bond acceptors (Lipinski definition) is 4. The topological polar surface area (TPSA) is 55.3 Å². The summed E-state index contributed by atoms with van der Waals surface area (Å²) in [5.41, 5.74) is 2.01. The van der Waals surface area contributed by atoms with Crippen molar-refractivity contribution in [3.05, 3.63) is 23.3 Å². The van der Waals surface area contributed by atoms with Crippen LogP contribution >= 0.6 is 0 Å². The lowest BCUT2D eigenvalue weighted by molar-refractivity contribution is -0.137. The average molecular weight is 289 g/mol. The van der Waals surface area contributed by atoms with Gasteiger partial charge < -0.3 is 9.64 Å². The molecule has 21 heavy (non-hydrogen) atoms. The van der Waals surface area contributed by atoms with Gasteiger partial charge in [0, 0.05) is 49.5 Å². The maximum atomic E-state index is 12.5. The Hall–Kier alpha value is -1.49. The molecule has 0 aliphatic carbocycles. The number of ether oxygens (including phenoxy) is 1. The number of carbonyl (C=O) groups is 1. The quantitative estimate of drug-likeness (QED) is 0.833. The number of aromatic nitrogens is 2. The molecule has 2 saturated heterocycles. The first-order valence-electron chi connectivity index (χ1n) is 7.82. The molecule has 0 N–H and O–H groups in total. The van der Waals surface area contributed by atoms with E-state index in [-0.39, 0.29) is 11.8 Å². The standard InChI is InChI=1S/C16H23N3O2/c1-11-9-12(2)18-15(17-11)14-3-6-19(10-14)16(20)13-4-7-21-8-5-13/h9,13-14H,3-8,10H2,1-2H3. The third-order valence-electron chi connectivity index (χ3n) is 4.44. The Kier molecular flexibility index (Phi) is 4.19. The van der Waals surface area contributed by atoms with E-state index in [1.165, 1.54) is 0 Å². The van der Waals surface area contributed by atoms with Crippen molar-refractivity contribution >= 4 is 5.91 Å². The Morgan fingerprint density at radius 1 is 1.19 bits per heavy atom. The highest BCUT2D eigenvalue weighted by atomic mass is 16.5. The lowest BCUT2D eigenvalue weighted by Gasteiger charge is -2.26. The Balaban J connectivity index is 1.65. The molecule has 2 fully saturated rings. The predicted octanol–water partition coefficient (Wildman–Crippen LogP) is 1.84. The molecule has 1 aromatic heterocycles.